The molecule has 6 nitrogen and oxygen atoms in total. The highest BCUT2D eigenvalue weighted by Gasteiger charge is 2.17. The Kier molecular flexibility index (Phi) is 2.92. The summed E-state index contributed by atoms with van der Waals surface area (Å²) in [7, 11) is 0. The summed E-state index contributed by atoms with van der Waals surface area (Å²) in [6.07, 6.45) is 0. The molecule has 0 atom stereocenters. The van der Waals surface area contributed by atoms with Crippen molar-refractivity contribution < 1.29 is 13.6 Å². The summed E-state index contributed by atoms with van der Waals surface area (Å²) in [4.78, 5) is 10.9. The monoisotopic (exact) mass is 253 g/mol. The zero-order valence-electron chi connectivity index (χ0n) is 9.10. The van der Waals surface area contributed by atoms with Gasteiger partial charge in [0.05, 0.1) is 6.54 Å². The molecule has 1 aromatic carbocycles. The molecule has 8 heteroatoms. The van der Waals surface area contributed by atoms with Gasteiger partial charge in [-0.25, -0.2) is 13.5 Å². The van der Waals surface area contributed by atoms with Gasteiger partial charge in [0, 0.05) is 5.56 Å². The third-order valence-corrected chi connectivity index (χ3v) is 2.38. The van der Waals surface area contributed by atoms with Gasteiger partial charge in [0.25, 0.3) is 5.91 Å². The van der Waals surface area contributed by atoms with Crippen LogP contribution in [-0.4, -0.2) is 20.9 Å². The molecule has 1 aromatic heterocycles. The Labute approximate surface area is 100 Å². The fourth-order valence-electron chi connectivity index (χ4n) is 1.45. The lowest BCUT2D eigenvalue weighted by atomic mass is 10.2. The summed E-state index contributed by atoms with van der Waals surface area (Å²) in [5.41, 5.74) is 10.1. The van der Waals surface area contributed by atoms with Crippen molar-refractivity contribution in [2.45, 2.75) is 6.54 Å². The average molecular weight is 253 g/mol. The van der Waals surface area contributed by atoms with Crippen LogP contribution >= 0.6 is 0 Å². The van der Waals surface area contributed by atoms with E-state index in [1.54, 1.807) is 0 Å². The van der Waals surface area contributed by atoms with Crippen LogP contribution in [0.2, 0.25) is 0 Å². The van der Waals surface area contributed by atoms with Gasteiger partial charge in [-0.05, 0) is 12.1 Å². The Bertz CT molecular complexity index is 590. The van der Waals surface area contributed by atoms with Crippen LogP contribution in [0.1, 0.15) is 16.1 Å². The van der Waals surface area contributed by atoms with Crippen molar-refractivity contribution in [3.8, 4) is 0 Å². The van der Waals surface area contributed by atoms with Crippen LogP contribution in [0.15, 0.2) is 18.2 Å². The van der Waals surface area contributed by atoms with Crippen LogP contribution in [0.5, 0.6) is 0 Å². The number of rotatable bonds is 3. The lowest BCUT2D eigenvalue weighted by Gasteiger charge is -2.05. The zero-order chi connectivity index (χ0) is 13.3. The van der Waals surface area contributed by atoms with Crippen LogP contribution in [0.4, 0.5) is 14.6 Å². The number of primary amides is 1. The summed E-state index contributed by atoms with van der Waals surface area (Å²) in [5.74, 6) is -2.45. The van der Waals surface area contributed by atoms with Crippen molar-refractivity contribution in [1.82, 2.24) is 15.0 Å². The highest BCUT2D eigenvalue weighted by atomic mass is 19.1. The number of halogens is 2. The number of carbonyl (C=O) groups excluding carboxylic acids is 1. The van der Waals surface area contributed by atoms with E-state index in [4.69, 9.17) is 11.5 Å². The number of hydrogen-bond acceptors (Lipinski definition) is 4. The third-order valence-electron chi connectivity index (χ3n) is 2.38. The molecule has 18 heavy (non-hydrogen) atoms. The summed E-state index contributed by atoms with van der Waals surface area (Å²) < 4.78 is 27.8. The summed E-state index contributed by atoms with van der Waals surface area (Å²) in [6, 6.07) is 3.47. The second-order valence-corrected chi connectivity index (χ2v) is 3.55. The predicted octanol–water partition coefficient (Wildman–Crippen LogP) is 0.286. The van der Waals surface area contributed by atoms with Gasteiger partial charge in [-0.1, -0.05) is 11.3 Å². The van der Waals surface area contributed by atoms with E-state index in [1.165, 1.54) is 6.07 Å². The molecule has 0 bridgehead atoms. The molecule has 0 radical (unpaired) electrons. The minimum absolute atomic E-state index is 0.134. The molecule has 0 spiro atoms. The molecule has 0 fully saturated rings. The highest BCUT2D eigenvalue weighted by molar-refractivity contribution is 5.94. The van der Waals surface area contributed by atoms with Crippen LogP contribution in [0.25, 0.3) is 0 Å². The van der Waals surface area contributed by atoms with E-state index in [2.05, 4.69) is 10.3 Å². The van der Waals surface area contributed by atoms with Gasteiger partial charge in [0.15, 0.2) is 11.5 Å². The van der Waals surface area contributed by atoms with Gasteiger partial charge in [0.1, 0.15) is 11.6 Å². The first kappa shape index (κ1) is 12.0. The van der Waals surface area contributed by atoms with E-state index in [0.29, 0.717) is 0 Å². The number of hydrogen-bond donors (Lipinski definition) is 2. The normalized spacial score (nSPS) is 10.6. The van der Waals surface area contributed by atoms with Crippen molar-refractivity contribution in [3.05, 3.63) is 41.1 Å². The number of anilines is 1. The molecule has 1 amide bonds. The van der Waals surface area contributed by atoms with E-state index in [-0.39, 0.29) is 23.6 Å². The number of benzene rings is 1. The van der Waals surface area contributed by atoms with Gasteiger partial charge in [-0.2, -0.15) is 0 Å². The highest BCUT2D eigenvalue weighted by Crippen LogP contribution is 2.16. The molecule has 1 heterocycles. The number of carbonyl (C=O) groups is 1. The number of nitrogens with zero attached hydrogens (tertiary/aromatic N) is 3. The Morgan fingerprint density at radius 3 is 2.44 bits per heavy atom. The molecule has 0 saturated heterocycles. The summed E-state index contributed by atoms with van der Waals surface area (Å²) >= 11 is 0. The largest absolute Gasteiger partial charge is 0.382 e. The Morgan fingerprint density at radius 1 is 1.33 bits per heavy atom. The molecule has 0 aliphatic heterocycles. The zero-order valence-corrected chi connectivity index (χ0v) is 9.10. The van der Waals surface area contributed by atoms with E-state index in [0.717, 1.165) is 16.8 Å². The summed E-state index contributed by atoms with van der Waals surface area (Å²) in [6.45, 7) is -0.273. The number of amides is 1. The maximum absolute atomic E-state index is 13.4. The maximum Gasteiger partial charge on any atom is 0.273 e. The second-order valence-electron chi connectivity index (χ2n) is 3.55. The Balaban J connectivity index is 2.38. The molecule has 4 N–H and O–H groups in total. The molecule has 0 aliphatic carbocycles. The van der Waals surface area contributed by atoms with Crippen molar-refractivity contribution in [2.75, 3.05) is 5.73 Å². The molecule has 0 unspecified atom stereocenters. The SMILES string of the molecule is NC(=O)c1nnn(Cc2c(F)cccc2F)c1N. The Morgan fingerprint density at radius 2 is 1.94 bits per heavy atom. The topological polar surface area (TPSA) is 99.8 Å². The predicted molar refractivity (Wildman–Crippen MR) is 58.4 cm³/mol. The van der Waals surface area contributed by atoms with E-state index in [1.807, 2.05) is 0 Å². The lowest BCUT2D eigenvalue weighted by molar-refractivity contribution is 0.0996. The third kappa shape index (κ3) is 1.99. The molecule has 0 aliphatic rings. The first-order valence-electron chi connectivity index (χ1n) is 4.92. The van der Waals surface area contributed by atoms with Crippen molar-refractivity contribution in [2.24, 2.45) is 5.73 Å². The molecule has 94 valence electrons. The molecule has 2 rings (SSSR count). The van der Waals surface area contributed by atoms with Gasteiger partial charge in [-0.3, -0.25) is 4.79 Å². The van der Waals surface area contributed by atoms with Gasteiger partial charge < -0.3 is 11.5 Å². The number of nitrogens with two attached hydrogens (primary N) is 2. The first-order chi connectivity index (χ1) is 8.50. The van der Waals surface area contributed by atoms with Crippen LogP contribution in [-0.2, 0) is 6.54 Å². The number of nitrogen functional groups attached to an aromatic ring is 1. The minimum Gasteiger partial charge on any atom is -0.382 e. The quantitative estimate of drug-likeness (QED) is 0.820. The van der Waals surface area contributed by atoms with Gasteiger partial charge in [0.2, 0.25) is 0 Å². The van der Waals surface area contributed by atoms with Gasteiger partial charge >= 0.3 is 0 Å². The van der Waals surface area contributed by atoms with Crippen LogP contribution in [0.3, 0.4) is 0 Å². The Hall–Kier alpha value is -2.51. The molecule has 2 aromatic rings. The summed E-state index contributed by atoms with van der Waals surface area (Å²) in [5, 5.41) is 6.96. The second kappa shape index (κ2) is 4.40. The lowest BCUT2D eigenvalue weighted by Crippen LogP contribution is -2.15. The fraction of sp³-hybridized carbons (Fsp3) is 0.100. The molecule has 0 saturated carbocycles. The average Bonchev–Trinajstić information content (AvgIpc) is 2.66. The first-order valence-corrected chi connectivity index (χ1v) is 4.92. The van der Waals surface area contributed by atoms with Crippen molar-refractivity contribution in [1.29, 1.82) is 0 Å². The molecular formula is C10H9F2N5O. The van der Waals surface area contributed by atoms with E-state index in [9.17, 15) is 13.6 Å². The van der Waals surface area contributed by atoms with Crippen LogP contribution < -0.4 is 11.5 Å². The van der Waals surface area contributed by atoms with E-state index < -0.39 is 17.5 Å². The fourth-order valence-corrected chi connectivity index (χ4v) is 1.45. The maximum atomic E-state index is 13.4. The molecular weight excluding hydrogens is 244 g/mol. The van der Waals surface area contributed by atoms with Crippen LogP contribution in [0, 0.1) is 11.6 Å². The van der Waals surface area contributed by atoms with Crippen molar-refractivity contribution >= 4 is 11.7 Å². The standard InChI is InChI=1S/C10H9F2N5O/c11-6-2-1-3-7(12)5(6)4-17-9(13)8(10(14)18)15-16-17/h1-3H,4,13H2,(H2,14,18). The minimum atomic E-state index is -0.854. The van der Waals surface area contributed by atoms with E-state index >= 15 is 0 Å². The number of aromatic nitrogens is 3. The smallest absolute Gasteiger partial charge is 0.273 e. The van der Waals surface area contributed by atoms with Gasteiger partial charge in [-0.15, -0.1) is 5.10 Å². The van der Waals surface area contributed by atoms with Crippen molar-refractivity contribution in [3.63, 3.8) is 0 Å².